The maximum atomic E-state index is 13.3. The summed E-state index contributed by atoms with van der Waals surface area (Å²) in [7, 11) is 1.62. The zero-order chi connectivity index (χ0) is 26.1. The van der Waals surface area contributed by atoms with E-state index in [2.05, 4.69) is 10.6 Å². The Hall–Kier alpha value is -2.61. The average Bonchev–Trinajstić information content (AvgIpc) is 3.34. The van der Waals surface area contributed by atoms with Gasteiger partial charge in [0, 0.05) is 25.8 Å². The molecule has 3 rings (SSSR count). The van der Waals surface area contributed by atoms with Gasteiger partial charge in [-0.1, -0.05) is 54.2 Å². The van der Waals surface area contributed by atoms with Crippen molar-refractivity contribution in [2.24, 2.45) is 5.41 Å². The molecule has 194 valence electrons. The molecule has 0 heterocycles. The molecule has 0 unspecified atom stereocenters. The molecule has 0 aromatic heterocycles. The van der Waals surface area contributed by atoms with Gasteiger partial charge in [-0.2, -0.15) is 0 Å². The van der Waals surface area contributed by atoms with Crippen LogP contribution >= 0.6 is 23.2 Å². The van der Waals surface area contributed by atoms with E-state index >= 15 is 0 Å². The van der Waals surface area contributed by atoms with Crippen LogP contribution in [0, 0.1) is 5.41 Å². The molecule has 1 aliphatic rings. The van der Waals surface area contributed by atoms with Crippen molar-refractivity contribution in [3.05, 3.63) is 63.6 Å². The van der Waals surface area contributed by atoms with Gasteiger partial charge in [-0.25, -0.2) is 4.79 Å². The van der Waals surface area contributed by atoms with Gasteiger partial charge in [0.05, 0.1) is 27.6 Å². The van der Waals surface area contributed by atoms with E-state index in [1.807, 2.05) is 0 Å². The van der Waals surface area contributed by atoms with E-state index in [4.69, 9.17) is 32.7 Å². The fourth-order valence-electron chi connectivity index (χ4n) is 4.56. The van der Waals surface area contributed by atoms with Crippen LogP contribution in [-0.4, -0.2) is 44.1 Å². The zero-order valence-electron chi connectivity index (χ0n) is 20.6. The Morgan fingerprint density at radius 1 is 1.03 bits per heavy atom. The summed E-state index contributed by atoms with van der Waals surface area (Å²) in [5, 5.41) is 6.25. The van der Waals surface area contributed by atoms with E-state index in [1.54, 1.807) is 56.5 Å². The average molecular weight is 535 g/mol. The largest absolute Gasteiger partial charge is 0.464 e. The molecule has 0 spiro atoms. The monoisotopic (exact) mass is 534 g/mol. The van der Waals surface area contributed by atoms with Crippen molar-refractivity contribution >= 4 is 46.7 Å². The Balaban J connectivity index is 1.70. The summed E-state index contributed by atoms with van der Waals surface area (Å²) in [5.74, 6) is -1.03. The molecular formula is C27H32Cl2N2O5. The molecule has 0 saturated heterocycles. The summed E-state index contributed by atoms with van der Waals surface area (Å²) < 4.78 is 10.5. The topological polar surface area (TPSA) is 93.7 Å². The fraction of sp³-hybridized carbons (Fsp3) is 0.444. The zero-order valence-corrected chi connectivity index (χ0v) is 22.1. The third kappa shape index (κ3) is 6.99. The Morgan fingerprint density at radius 2 is 1.67 bits per heavy atom. The number of esters is 1. The summed E-state index contributed by atoms with van der Waals surface area (Å²) >= 11 is 12.2. The van der Waals surface area contributed by atoms with Crippen molar-refractivity contribution in [1.82, 2.24) is 5.32 Å². The number of methoxy groups -OCH3 is 1. The predicted octanol–water partition coefficient (Wildman–Crippen LogP) is 5.43. The second kappa shape index (κ2) is 13.1. The molecule has 2 amide bonds. The molecule has 1 saturated carbocycles. The van der Waals surface area contributed by atoms with Crippen LogP contribution in [0.3, 0.4) is 0 Å². The number of rotatable bonds is 11. The SMILES string of the molecule is CCOC(=O)[C@H](Cc1ccc(NC(=O)c2c(Cl)cccc2Cl)cc1)NC(=O)C1(CCOC)CCCC1. The molecule has 0 radical (unpaired) electrons. The van der Waals surface area contributed by atoms with Gasteiger partial charge in [-0.05, 0) is 56.0 Å². The molecule has 1 aliphatic carbocycles. The maximum Gasteiger partial charge on any atom is 0.328 e. The first-order valence-corrected chi connectivity index (χ1v) is 12.9. The summed E-state index contributed by atoms with van der Waals surface area (Å²) in [6.45, 7) is 2.44. The van der Waals surface area contributed by atoms with Gasteiger partial charge < -0.3 is 20.1 Å². The fourth-order valence-corrected chi connectivity index (χ4v) is 5.12. The van der Waals surface area contributed by atoms with Crippen LogP contribution in [0.25, 0.3) is 0 Å². The number of halogens is 2. The molecular weight excluding hydrogens is 503 g/mol. The van der Waals surface area contributed by atoms with Crippen molar-refractivity contribution in [2.45, 2.75) is 51.5 Å². The normalized spacial score (nSPS) is 15.2. The molecule has 1 atom stereocenters. The minimum Gasteiger partial charge on any atom is -0.464 e. The Labute approximate surface area is 221 Å². The lowest BCUT2D eigenvalue weighted by atomic mass is 9.81. The number of hydrogen-bond acceptors (Lipinski definition) is 5. The Bertz CT molecular complexity index is 1050. The third-order valence-corrected chi connectivity index (χ3v) is 7.17. The van der Waals surface area contributed by atoms with Gasteiger partial charge >= 0.3 is 5.97 Å². The number of anilines is 1. The van der Waals surface area contributed by atoms with E-state index in [-0.39, 0.29) is 34.5 Å². The van der Waals surface area contributed by atoms with Gasteiger partial charge in [0.15, 0.2) is 0 Å². The lowest BCUT2D eigenvalue weighted by Gasteiger charge is -2.29. The minimum atomic E-state index is -0.820. The smallest absolute Gasteiger partial charge is 0.328 e. The van der Waals surface area contributed by atoms with Crippen molar-refractivity contribution < 1.29 is 23.9 Å². The molecule has 2 aromatic carbocycles. The standard InChI is InChI=1S/C27H32Cl2N2O5/c1-3-36-25(33)22(31-26(34)27(15-16-35-2)13-4-5-14-27)17-18-9-11-19(12-10-18)30-24(32)23-20(28)7-6-8-21(23)29/h6-12,22H,3-5,13-17H2,1-2H3,(H,30,32)(H,31,34)/t22-/m0/s1. The van der Waals surface area contributed by atoms with E-state index in [0.717, 1.165) is 31.2 Å². The first-order valence-electron chi connectivity index (χ1n) is 12.1. The van der Waals surface area contributed by atoms with Crippen LogP contribution in [-0.2, 0) is 25.5 Å². The van der Waals surface area contributed by atoms with E-state index in [9.17, 15) is 14.4 Å². The second-order valence-corrected chi connectivity index (χ2v) is 9.77. The predicted molar refractivity (Wildman–Crippen MR) is 141 cm³/mol. The Morgan fingerprint density at radius 3 is 2.25 bits per heavy atom. The van der Waals surface area contributed by atoms with Gasteiger partial charge in [0.2, 0.25) is 5.91 Å². The van der Waals surface area contributed by atoms with Crippen molar-refractivity contribution in [2.75, 3.05) is 25.6 Å². The second-order valence-electron chi connectivity index (χ2n) is 8.96. The number of benzene rings is 2. The van der Waals surface area contributed by atoms with Crippen LogP contribution in [0.2, 0.25) is 10.0 Å². The number of amides is 2. The molecule has 1 fully saturated rings. The molecule has 0 bridgehead atoms. The highest BCUT2D eigenvalue weighted by molar-refractivity contribution is 6.40. The van der Waals surface area contributed by atoms with Gasteiger partial charge in [0.1, 0.15) is 6.04 Å². The van der Waals surface area contributed by atoms with Gasteiger partial charge in [-0.3, -0.25) is 9.59 Å². The number of hydrogen-bond donors (Lipinski definition) is 2. The van der Waals surface area contributed by atoms with E-state index in [0.29, 0.717) is 18.7 Å². The molecule has 7 nitrogen and oxygen atoms in total. The van der Waals surface area contributed by atoms with Crippen LogP contribution in [0.5, 0.6) is 0 Å². The van der Waals surface area contributed by atoms with E-state index in [1.165, 1.54) is 0 Å². The summed E-state index contributed by atoms with van der Waals surface area (Å²) in [5.41, 5.74) is 1.03. The van der Waals surface area contributed by atoms with Crippen LogP contribution in [0.1, 0.15) is 54.9 Å². The van der Waals surface area contributed by atoms with Crippen molar-refractivity contribution in [1.29, 1.82) is 0 Å². The lowest BCUT2D eigenvalue weighted by Crippen LogP contribution is -2.49. The summed E-state index contributed by atoms with van der Waals surface area (Å²) in [4.78, 5) is 38.6. The number of ether oxygens (including phenoxy) is 2. The molecule has 2 aromatic rings. The quantitative estimate of drug-likeness (QED) is 0.374. The highest BCUT2D eigenvalue weighted by Gasteiger charge is 2.42. The highest BCUT2D eigenvalue weighted by Crippen LogP contribution is 2.41. The van der Waals surface area contributed by atoms with Crippen LogP contribution in [0.15, 0.2) is 42.5 Å². The third-order valence-electron chi connectivity index (χ3n) is 6.54. The molecule has 0 aliphatic heterocycles. The molecule has 36 heavy (non-hydrogen) atoms. The van der Waals surface area contributed by atoms with Crippen molar-refractivity contribution in [3.63, 3.8) is 0 Å². The first-order chi connectivity index (χ1) is 17.3. The lowest BCUT2D eigenvalue weighted by molar-refractivity contribution is -0.149. The molecule has 9 heteroatoms. The number of carbonyl (C=O) groups is 3. The minimum absolute atomic E-state index is 0.129. The van der Waals surface area contributed by atoms with Gasteiger partial charge in [-0.15, -0.1) is 0 Å². The molecule has 2 N–H and O–H groups in total. The highest BCUT2D eigenvalue weighted by atomic mass is 35.5. The number of nitrogens with one attached hydrogen (secondary N) is 2. The summed E-state index contributed by atoms with van der Waals surface area (Å²) in [6.07, 6.45) is 4.40. The van der Waals surface area contributed by atoms with E-state index < -0.39 is 23.3 Å². The Kier molecular flexibility index (Phi) is 10.2. The van der Waals surface area contributed by atoms with Crippen molar-refractivity contribution in [3.8, 4) is 0 Å². The van der Waals surface area contributed by atoms with Crippen LogP contribution < -0.4 is 10.6 Å². The summed E-state index contributed by atoms with van der Waals surface area (Å²) in [6, 6.07) is 11.1. The first kappa shape index (κ1) is 28.0. The number of carbonyl (C=O) groups excluding carboxylic acids is 3. The maximum absolute atomic E-state index is 13.3. The van der Waals surface area contributed by atoms with Crippen LogP contribution in [0.4, 0.5) is 5.69 Å². The van der Waals surface area contributed by atoms with Gasteiger partial charge in [0.25, 0.3) is 5.91 Å².